The van der Waals surface area contributed by atoms with E-state index in [-0.39, 0.29) is 0 Å². The van der Waals surface area contributed by atoms with Gasteiger partial charge in [0.1, 0.15) is 0 Å². The maximum Gasteiger partial charge on any atom is -0.000111 e. The molecule has 46 heavy (non-hydrogen) atoms. The van der Waals surface area contributed by atoms with Crippen molar-refractivity contribution in [3.05, 3.63) is 166 Å². The van der Waals surface area contributed by atoms with Crippen molar-refractivity contribution in [1.82, 2.24) is 0 Å². The molecule has 0 N–H and O–H groups in total. The SMILES string of the molecule is CC(C)C1=C(C(C)C)C(C(C)C)=C(C(C)C)C1.c1ccc(C2=C(c3ccccc3)C(c3ccccc3)=C(c3ccccc3)C2)cc1. The first-order chi connectivity index (χ1) is 22.2. The van der Waals surface area contributed by atoms with Gasteiger partial charge in [0.2, 0.25) is 0 Å². The van der Waals surface area contributed by atoms with Crippen molar-refractivity contribution in [2.24, 2.45) is 23.7 Å². The van der Waals surface area contributed by atoms with Crippen molar-refractivity contribution >= 4 is 22.3 Å². The second-order valence-electron chi connectivity index (χ2n) is 14.0. The summed E-state index contributed by atoms with van der Waals surface area (Å²) in [7, 11) is 0. The Morgan fingerprint density at radius 1 is 0.326 bits per heavy atom. The van der Waals surface area contributed by atoms with Gasteiger partial charge in [0.05, 0.1) is 0 Å². The highest BCUT2D eigenvalue weighted by Gasteiger charge is 2.30. The third-order valence-corrected chi connectivity index (χ3v) is 9.49. The first-order valence-electron chi connectivity index (χ1n) is 17.3. The van der Waals surface area contributed by atoms with E-state index in [4.69, 9.17) is 0 Å². The Labute approximate surface area is 279 Å². The van der Waals surface area contributed by atoms with E-state index < -0.39 is 0 Å². The van der Waals surface area contributed by atoms with Gasteiger partial charge in [-0.15, -0.1) is 0 Å². The molecule has 4 aromatic carbocycles. The second kappa shape index (κ2) is 15.0. The van der Waals surface area contributed by atoms with Crippen LogP contribution in [-0.4, -0.2) is 0 Å². The lowest BCUT2D eigenvalue weighted by atomic mass is 9.84. The summed E-state index contributed by atoms with van der Waals surface area (Å²) in [5.41, 5.74) is 17.4. The molecule has 0 nitrogen and oxygen atoms in total. The van der Waals surface area contributed by atoms with Crippen molar-refractivity contribution in [2.75, 3.05) is 0 Å². The molecule has 0 fully saturated rings. The molecule has 6 rings (SSSR count). The highest BCUT2D eigenvalue weighted by Crippen LogP contribution is 2.51. The molecule has 0 radical (unpaired) electrons. The Bertz CT molecular complexity index is 1590. The fourth-order valence-corrected chi connectivity index (χ4v) is 7.41. The zero-order valence-electron chi connectivity index (χ0n) is 29.3. The lowest BCUT2D eigenvalue weighted by Crippen LogP contribution is -2.07. The van der Waals surface area contributed by atoms with Crippen LogP contribution >= 0.6 is 0 Å². The third-order valence-electron chi connectivity index (χ3n) is 9.49. The normalized spacial score (nSPS) is 15.2. The summed E-state index contributed by atoms with van der Waals surface area (Å²) >= 11 is 0. The molecule has 0 saturated carbocycles. The minimum atomic E-state index is 0.668. The largest absolute Gasteiger partial charge is 0.0622 e. The van der Waals surface area contributed by atoms with E-state index in [1.807, 2.05) is 0 Å². The monoisotopic (exact) mass is 604 g/mol. The molecular weight excluding hydrogens is 553 g/mol. The molecule has 236 valence electrons. The Morgan fingerprint density at radius 2 is 0.609 bits per heavy atom. The van der Waals surface area contributed by atoms with Crippen molar-refractivity contribution in [3.63, 3.8) is 0 Å². The zero-order chi connectivity index (χ0) is 32.8. The van der Waals surface area contributed by atoms with E-state index >= 15 is 0 Å². The van der Waals surface area contributed by atoms with Crippen LogP contribution in [0.15, 0.2) is 144 Å². The highest BCUT2D eigenvalue weighted by atomic mass is 14.4. The molecule has 2 aliphatic carbocycles. The van der Waals surface area contributed by atoms with E-state index in [0.717, 1.165) is 6.42 Å². The minimum Gasteiger partial charge on any atom is -0.0622 e. The van der Waals surface area contributed by atoms with Crippen LogP contribution in [0.5, 0.6) is 0 Å². The Balaban J connectivity index is 0.000000211. The van der Waals surface area contributed by atoms with Crippen LogP contribution in [0.1, 0.15) is 90.5 Å². The Hall–Kier alpha value is -4.16. The fraction of sp³-hybridized carbons (Fsp3) is 0.304. The van der Waals surface area contributed by atoms with Crippen LogP contribution in [0.4, 0.5) is 0 Å². The molecule has 0 unspecified atom stereocenters. The van der Waals surface area contributed by atoms with Gasteiger partial charge in [-0.25, -0.2) is 0 Å². The first-order valence-corrected chi connectivity index (χ1v) is 17.3. The van der Waals surface area contributed by atoms with Crippen LogP contribution in [0.3, 0.4) is 0 Å². The van der Waals surface area contributed by atoms with Gasteiger partial charge < -0.3 is 0 Å². The molecule has 0 heterocycles. The topological polar surface area (TPSA) is 0 Å². The van der Waals surface area contributed by atoms with E-state index in [2.05, 4.69) is 177 Å². The Morgan fingerprint density at radius 3 is 0.870 bits per heavy atom. The summed E-state index contributed by atoms with van der Waals surface area (Å²) in [4.78, 5) is 0. The van der Waals surface area contributed by atoms with Gasteiger partial charge >= 0.3 is 0 Å². The molecule has 0 spiro atoms. The van der Waals surface area contributed by atoms with Crippen molar-refractivity contribution in [2.45, 2.75) is 68.2 Å². The Kier molecular flexibility index (Phi) is 10.8. The molecule has 0 heteroatoms. The number of hydrogen-bond donors (Lipinski definition) is 0. The van der Waals surface area contributed by atoms with Crippen molar-refractivity contribution < 1.29 is 0 Å². The van der Waals surface area contributed by atoms with E-state index in [0.29, 0.717) is 23.7 Å². The van der Waals surface area contributed by atoms with E-state index in [9.17, 15) is 0 Å². The molecule has 0 amide bonds. The van der Waals surface area contributed by atoms with Crippen molar-refractivity contribution in [1.29, 1.82) is 0 Å². The predicted molar refractivity (Wildman–Crippen MR) is 202 cm³/mol. The van der Waals surface area contributed by atoms with Crippen LogP contribution < -0.4 is 0 Å². The number of rotatable bonds is 8. The van der Waals surface area contributed by atoms with E-state index in [1.165, 1.54) is 51.0 Å². The maximum atomic E-state index is 2.35. The van der Waals surface area contributed by atoms with Crippen LogP contribution in [-0.2, 0) is 0 Å². The van der Waals surface area contributed by atoms with Gasteiger partial charge in [-0.3, -0.25) is 0 Å². The lowest BCUT2D eigenvalue weighted by molar-refractivity contribution is 0.669. The summed E-state index contributed by atoms with van der Waals surface area (Å²) in [5.74, 6) is 2.72. The average molecular weight is 605 g/mol. The summed E-state index contributed by atoms with van der Waals surface area (Å²) in [6.45, 7) is 18.8. The molecule has 0 aliphatic heterocycles. The minimum absolute atomic E-state index is 0.668. The van der Waals surface area contributed by atoms with Gasteiger partial charge in [-0.2, -0.15) is 0 Å². The smallest absolute Gasteiger partial charge is 0.000111 e. The highest BCUT2D eigenvalue weighted by molar-refractivity contribution is 6.27. The summed E-state index contributed by atoms with van der Waals surface area (Å²) in [5, 5.41) is 0. The van der Waals surface area contributed by atoms with Gasteiger partial charge in [0.15, 0.2) is 0 Å². The first kappa shape index (κ1) is 33.2. The molecule has 0 bridgehead atoms. The number of allylic oxidation sites excluding steroid dienone is 8. The van der Waals surface area contributed by atoms with Crippen LogP contribution in [0.25, 0.3) is 22.3 Å². The maximum absolute atomic E-state index is 2.35. The standard InChI is InChI=1S/C29H22.C17H30/c1-5-13-22(14-6-1)26-21-27(23-15-7-2-8-16-23)29(25-19-11-4-12-20-25)28(26)24-17-9-3-10-18-24;1-10(2)14-9-15(11(3)4)17(13(7)8)16(14)12(5)6/h1-20H,21H2;10-13H,9H2,1-8H3. The molecule has 0 aromatic heterocycles. The van der Waals surface area contributed by atoms with Gasteiger partial charge in [0.25, 0.3) is 0 Å². The van der Waals surface area contributed by atoms with E-state index in [1.54, 1.807) is 22.3 Å². The van der Waals surface area contributed by atoms with Gasteiger partial charge in [-0.05, 0) is 92.2 Å². The third kappa shape index (κ3) is 7.13. The number of benzene rings is 4. The molecule has 2 aliphatic rings. The second-order valence-corrected chi connectivity index (χ2v) is 14.0. The summed E-state index contributed by atoms with van der Waals surface area (Å²) in [6.07, 6.45) is 2.17. The average Bonchev–Trinajstić information content (AvgIpc) is 3.68. The number of hydrogen-bond acceptors (Lipinski definition) is 0. The fourth-order valence-electron chi connectivity index (χ4n) is 7.41. The molecule has 4 aromatic rings. The molecular formula is C46H52. The molecule has 0 saturated heterocycles. The summed E-state index contributed by atoms with van der Waals surface area (Å²) in [6, 6.07) is 43.3. The predicted octanol–water partition coefficient (Wildman–Crippen LogP) is 13.2. The van der Waals surface area contributed by atoms with Crippen LogP contribution in [0, 0.1) is 23.7 Å². The van der Waals surface area contributed by atoms with Crippen LogP contribution in [0.2, 0.25) is 0 Å². The summed E-state index contributed by atoms with van der Waals surface area (Å²) < 4.78 is 0. The quantitative estimate of drug-likeness (QED) is 0.188. The van der Waals surface area contributed by atoms with Gasteiger partial charge in [0, 0.05) is 0 Å². The zero-order valence-corrected chi connectivity index (χ0v) is 29.3. The van der Waals surface area contributed by atoms with Gasteiger partial charge in [-0.1, -0.05) is 188 Å². The van der Waals surface area contributed by atoms with Crippen molar-refractivity contribution in [3.8, 4) is 0 Å². The lowest BCUT2D eigenvalue weighted by Gasteiger charge is -2.21. The molecule has 0 atom stereocenters.